The smallest absolute Gasteiger partial charge is 0.254 e. The Bertz CT molecular complexity index is 890. The molecule has 2 aliphatic rings. The molecule has 0 saturated carbocycles. The molecule has 7 heteroatoms. The van der Waals surface area contributed by atoms with Crippen molar-refractivity contribution in [2.24, 2.45) is 5.92 Å². The van der Waals surface area contributed by atoms with Gasteiger partial charge in [0.25, 0.3) is 5.91 Å². The third kappa shape index (κ3) is 4.26. The fourth-order valence-corrected chi connectivity index (χ4v) is 4.66. The van der Waals surface area contributed by atoms with E-state index in [4.69, 9.17) is 4.74 Å². The number of benzene rings is 1. The van der Waals surface area contributed by atoms with E-state index in [9.17, 15) is 14.4 Å². The van der Waals surface area contributed by atoms with Gasteiger partial charge in [0.15, 0.2) is 0 Å². The second-order valence-electron chi connectivity index (χ2n) is 7.38. The Labute approximate surface area is 174 Å². The van der Waals surface area contributed by atoms with E-state index in [1.165, 1.54) is 11.3 Å². The molecule has 0 N–H and O–H groups in total. The van der Waals surface area contributed by atoms with Crippen molar-refractivity contribution < 1.29 is 19.1 Å². The predicted molar refractivity (Wildman–Crippen MR) is 110 cm³/mol. The molecule has 2 fully saturated rings. The molecule has 2 saturated heterocycles. The average Bonchev–Trinajstić information content (AvgIpc) is 3.33. The highest BCUT2D eigenvalue weighted by atomic mass is 32.1. The summed E-state index contributed by atoms with van der Waals surface area (Å²) in [6.45, 7) is 3.37. The number of hydrogen-bond acceptors (Lipinski definition) is 5. The SMILES string of the molecule is O=C(c1cccs1)c1ccccc1C(=O)N1CCCC(C(=O)N2CCOCC2)C1. The Morgan fingerprint density at radius 3 is 2.41 bits per heavy atom. The molecule has 6 nitrogen and oxygen atoms in total. The largest absolute Gasteiger partial charge is 0.378 e. The number of carbonyl (C=O) groups is 3. The van der Waals surface area contributed by atoms with Gasteiger partial charge < -0.3 is 14.5 Å². The molecule has 1 aromatic heterocycles. The first-order valence-corrected chi connectivity index (χ1v) is 10.9. The first-order valence-electron chi connectivity index (χ1n) is 9.98. The number of carbonyl (C=O) groups excluding carboxylic acids is 3. The number of morpholine rings is 1. The molecule has 3 heterocycles. The van der Waals surface area contributed by atoms with E-state index in [2.05, 4.69) is 0 Å². The molecule has 1 atom stereocenters. The Morgan fingerprint density at radius 2 is 1.69 bits per heavy atom. The van der Waals surface area contributed by atoms with Crippen LogP contribution >= 0.6 is 11.3 Å². The van der Waals surface area contributed by atoms with Crippen molar-refractivity contribution in [3.8, 4) is 0 Å². The fourth-order valence-electron chi connectivity index (χ4n) is 3.98. The van der Waals surface area contributed by atoms with Gasteiger partial charge in [-0.25, -0.2) is 0 Å². The van der Waals surface area contributed by atoms with Crippen LogP contribution in [0.5, 0.6) is 0 Å². The summed E-state index contributed by atoms with van der Waals surface area (Å²) in [5.41, 5.74) is 0.826. The van der Waals surface area contributed by atoms with E-state index in [-0.39, 0.29) is 23.5 Å². The third-order valence-electron chi connectivity index (χ3n) is 5.53. The molecular formula is C22H24N2O4S. The minimum absolute atomic E-state index is 0.105. The van der Waals surface area contributed by atoms with Crippen LogP contribution in [0.2, 0.25) is 0 Å². The van der Waals surface area contributed by atoms with Gasteiger partial charge in [-0.1, -0.05) is 24.3 Å². The highest BCUT2D eigenvalue weighted by molar-refractivity contribution is 7.12. The predicted octanol–water partition coefficient (Wildman–Crippen LogP) is 2.69. The van der Waals surface area contributed by atoms with E-state index in [1.807, 2.05) is 16.3 Å². The second kappa shape index (κ2) is 8.88. The number of likely N-dealkylation sites (tertiary alicyclic amines) is 1. The van der Waals surface area contributed by atoms with Crippen molar-refractivity contribution in [1.82, 2.24) is 9.80 Å². The maximum Gasteiger partial charge on any atom is 0.254 e. The van der Waals surface area contributed by atoms with Gasteiger partial charge in [0, 0.05) is 31.7 Å². The summed E-state index contributed by atoms with van der Waals surface area (Å²) in [5, 5.41) is 1.85. The summed E-state index contributed by atoms with van der Waals surface area (Å²) in [6.07, 6.45) is 1.57. The number of thiophene rings is 1. The van der Waals surface area contributed by atoms with Crippen LogP contribution < -0.4 is 0 Å². The number of rotatable bonds is 4. The number of ether oxygens (including phenoxy) is 1. The topological polar surface area (TPSA) is 66.9 Å². The zero-order valence-electron chi connectivity index (χ0n) is 16.2. The van der Waals surface area contributed by atoms with Gasteiger partial charge in [0.05, 0.1) is 29.6 Å². The van der Waals surface area contributed by atoms with Crippen molar-refractivity contribution in [1.29, 1.82) is 0 Å². The van der Waals surface area contributed by atoms with Gasteiger partial charge in [-0.05, 0) is 30.4 Å². The standard InChI is InChI=1S/C22H24N2O4S/c25-20(19-8-4-14-29-19)17-6-1-2-7-18(17)22(27)24-9-3-5-16(15-24)21(26)23-10-12-28-13-11-23/h1-2,4,6-8,14,16H,3,5,9-13,15H2. The molecule has 1 unspecified atom stereocenters. The zero-order chi connectivity index (χ0) is 20.2. The summed E-state index contributed by atoms with van der Waals surface area (Å²) in [5.74, 6) is -0.397. The number of nitrogens with zero attached hydrogens (tertiary/aromatic N) is 2. The number of ketones is 1. The molecule has 0 radical (unpaired) electrons. The van der Waals surface area contributed by atoms with Crippen LogP contribution in [0.1, 0.15) is 38.4 Å². The van der Waals surface area contributed by atoms with Crippen LogP contribution in [-0.2, 0) is 9.53 Å². The summed E-state index contributed by atoms with van der Waals surface area (Å²) in [7, 11) is 0. The first kappa shape index (κ1) is 19.8. The van der Waals surface area contributed by atoms with Crippen LogP contribution in [-0.4, -0.2) is 66.8 Å². The van der Waals surface area contributed by atoms with Crippen molar-refractivity contribution in [2.75, 3.05) is 39.4 Å². The molecule has 4 rings (SSSR count). The molecule has 0 bridgehead atoms. The molecular weight excluding hydrogens is 388 g/mol. The summed E-state index contributed by atoms with van der Waals surface area (Å²) in [4.78, 5) is 43.2. The van der Waals surface area contributed by atoms with Crippen LogP contribution in [0.15, 0.2) is 41.8 Å². The summed E-state index contributed by atoms with van der Waals surface area (Å²) >= 11 is 1.37. The molecule has 1 aromatic carbocycles. The Morgan fingerprint density at radius 1 is 0.931 bits per heavy atom. The normalized spacial score (nSPS) is 19.8. The quantitative estimate of drug-likeness (QED) is 0.724. The van der Waals surface area contributed by atoms with E-state index in [1.54, 1.807) is 35.2 Å². The monoisotopic (exact) mass is 412 g/mol. The van der Waals surface area contributed by atoms with Gasteiger partial charge in [0.1, 0.15) is 0 Å². The zero-order valence-corrected chi connectivity index (χ0v) is 17.0. The Balaban J connectivity index is 1.51. The highest BCUT2D eigenvalue weighted by Gasteiger charge is 2.33. The molecule has 0 aliphatic carbocycles. The fraction of sp³-hybridized carbons (Fsp3) is 0.409. The molecule has 2 amide bonds. The number of amides is 2. The lowest BCUT2D eigenvalue weighted by Crippen LogP contribution is -2.49. The van der Waals surface area contributed by atoms with Crippen molar-refractivity contribution in [2.45, 2.75) is 12.8 Å². The minimum Gasteiger partial charge on any atom is -0.378 e. The van der Waals surface area contributed by atoms with Gasteiger partial charge in [-0.15, -0.1) is 11.3 Å². The van der Waals surface area contributed by atoms with Gasteiger partial charge in [-0.2, -0.15) is 0 Å². The molecule has 2 aliphatic heterocycles. The Hall–Kier alpha value is -2.51. The van der Waals surface area contributed by atoms with Gasteiger partial charge in [-0.3, -0.25) is 14.4 Å². The summed E-state index contributed by atoms with van der Waals surface area (Å²) < 4.78 is 5.33. The number of piperidine rings is 1. The van der Waals surface area contributed by atoms with E-state index < -0.39 is 0 Å². The molecule has 2 aromatic rings. The molecule has 29 heavy (non-hydrogen) atoms. The maximum atomic E-state index is 13.3. The van der Waals surface area contributed by atoms with Crippen molar-refractivity contribution >= 4 is 28.9 Å². The second-order valence-corrected chi connectivity index (χ2v) is 8.33. The van der Waals surface area contributed by atoms with E-state index in [0.29, 0.717) is 55.4 Å². The lowest BCUT2D eigenvalue weighted by atomic mass is 9.94. The van der Waals surface area contributed by atoms with Crippen molar-refractivity contribution in [3.63, 3.8) is 0 Å². The van der Waals surface area contributed by atoms with Crippen molar-refractivity contribution in [3.05, 3.63) is 57.8 Å². The lowest BCUT2D eigenvalue weighted by Gasteiger charge is -2.36. The van der Waals surface area contributed by atoms with Crippen LogP contribution in [0.4, 0.5) is 0 Å². The molecule has 0 spiro atoms. The van der Waals surface area contributed by atoms with E-state index >= 15 is 0 Å². The van der Waals surface area contributed by atoms with Crippen LogP contribution in [0, 0.1) is 5.92 Å². The Kier molecular flexibility index (Phi) is 6.06. The first-order chi connectivity index (χ1) is 14.1. The van der Waals surface area contributed by atoms with E-state index in [0.717, 1.165) is 12.8 Å². The highest BCUT2D eigenvalue weighted by Crippen LogP contribution is 2.24. The maximum absolute atomic E-state index is 13.3. The minimum atomic E-state index is -0.189. The van der Waals surface area contributed by atoms with Gasteiger partial charge >= 0.3 is 0 Å². The number of hydrogen-bond donors (Lipinski definition) is 0. The van der Waals surface area contributed by atoms with Crippen LogP contribution in [0.25, 0.3) is 0 Å². The lowest BCUT2D eigenvalue weighted by molar-refractivity contribution is -0.141. The van der Waals surface area contributed by atoms with Gasteiger partial charge in [0.2, 0.25) is 11.7 Å². The molecule has 152 valence electrons. The van der Waals surface area contributed by atoms with Crippen LogP contribution in [0.3, 0.4) is 0 Å². The average molecular weight is 413 g/mol. The third-order valence-corrected chi connectivity index (χ3v) is 6.40. The summed E-state index contributed by atoms with van der Waals surface area (Å²) in [6, 6.07) is 10.6.